The largest absolute Gasteiger partial charge is 0.339 e. The number of nitrogens with zero attached hydrogens (tertiary/aromatic N) is 3. The number of fused-ring (bicyclic) bond motifs is 1. The van der Waals surface area contributed by atoms with Crippen LogP contribution in [0.4, 0.5) is 10.5 Å². The minimum atomic E-state index is -0.0997. The second kappa shape index (κ2) is 9.98. The fourth-order valence-corrected chi connectivity index (χ4v) is 4.22. The van der Waals surface area contributed by atoms with Crippen molar-refractivity contribution < 1.29 is 9.59 Å². The summed E-state index contributed by atoms with van der Waals surface area (Å²) in [5, 5.41) is 2.99. The molecule has 0 saturated carbocycles. The number of pyridine rings is 1. The van der Waals surface area contributed by atoms with E-state index in [1.165, 1.54) is 5.57 Å². The molecular formula is C26H32N4O2. The molecule has 1 atom stereocenters. The number of aromatic nitrogens is 1. The zero-order chi connectivity index (χ0) is 22.5. The SMILES string of the molecule is CCC(C)CCC(=O)N1CC=C(c2ccc(NC(=O)N3Cc4ccncc4C3)cc2)CC1. The Hall–Kier alpha value is -3.15. The van der Waals surface area contributed by atoms with Crippen molar-refractivity contribution in [1.82, 2.24) is 14.8 Å². The minimum absolute atomic E-state index is 0.0997. The van der Waals surface area contributed by atoms with Gasteiger partial charge in [0.2, 0.25) is 5.91 Å². The molecule has 32 heavy (non-hydrogen) atoms. The molecule has 4 rings (SSSR count). The van der Waals surface area contributed by atoms with Gasteiger partial charge in [0.15, 0.2) is 0 Å². The van der Waals surface area contributed by atoms with E-state index < -0.39 is 0 Å². The third-order valence-electron chi connectivity index (χ3n) is 6.63. The fourth-order valence-electron chi connectivity index (χ4n) is 4.22. The van der Waals surface area contributed by atoms with E-state index in [0.29, 0.717) is 32.0 Å². The highest BCUT2D eigenvalue weighted by atomic mass is 16.2. The van der Waals surface area contributed by atoms with Crippen molar-refractivity contribution in [1.29, 1.82) is 0 Å². The standard InChI is InChI=1S/C26H32N4O2/c1-3-19(2)4-9-25(31)29-14-11-21(12-15-29)20-5-7-24(8-6-20)28-26(32)30-17-22-10-13-27-16-23(22)18-30/h5-8,10-11,13,16,19H,3-4,9,12,14-15,17-18H2,1-2H3,(H,28,32). The van der Waals surface area contributed by atoms with E-state index in [4.69, 9.17) is 0 Å². The molecule has 0 bridgehead atoms. The predicted octanol–water partition coefficient (Wildman–Crippen LogP) is 5.07. The number of amides is 3. The van der Waals surface area contributed by atoms with Gasteiger partial charge in [-0.3, -0.25) is 9.78 Å². The Morgan fingerprint density at radius 3 is 2.56 bits per heavy atom. The molecule has 1 aromatic heterocycles. The molecule has 2 aromatic rings. The monoisotopic (exact) mass is 432 g/mol. The molecule has 6 heteroatoms. The number of anilines is 1. The molecule has 1 unspecified atom stereocenters. The van der Waals surface area contributed by atoms with E-state index in [0.717, 1.165) is 48.2 Å². The average molecular weight is 433 g/mol. The Morgan fingerprint density at radius 2 is 1.88 bits per heavy atom. The fraction of sp³-hybridized carbons (Fsp3) is 0.423. The van der Waals surface area contributed by atoms with Crippen molar-refractivity contribution in [2.45, 2.75) is 52.6 Å². The summed E-state index contributed by atoms with van der Waals surface area (Å²) in [6, 6.07) is 9.85. The van der Waals surface area contributed by atoms with Gasteiger partial charge in [0.25, 0.3) is 0 Å². The van der Waals surface area contributed by atoms with Gasteiger partial charge in [-0.1, -0.05) is 38.5 Å². The number of carbonyl (C=O) groups excluding carboxylic acids is 2. The van der Waals surface area contributed by atoms with Crippen LogP contribution in [0.25, 0.3) is 5.57 Å². The van der Waals surface area contributed by atoms with Crippen molar-refractivity contribution in [3.8, 4) is 0 Å². The van der Waals surface area contributed by atoms with Gasteiger partial charge >= 0.3 is 6.03 Å². The molecule has 1 N–H and O–H groups in total. The van der Waals surface area contributed by atoms with Gasteiger partial charge in [0.1, 0.15) is 0 Å². The number of carbonyl (C=O) groups is 2. The van der Waals surface area contributed by atoms with E-state index in [9.17, 15) is 9.59 Å². The van der Waals surface area contributed by atoms with Crippen molar-refractivity contribution >= 4 is 23.2 Å². The van der Waals surface area contributed by atoms with Crippen LogP contribution in [0, 0.1) is 5.92 Å². The van der Waals surface area contributed by atoms with E-state index >= 15 is 0 Å². The molecule has 0 spiro atoms. The van der Waals surface area contributed by atoms with Crippen molar-refractivity contribution in [2.24, 2.45) is 5.92 Å². The van der Waals surface area contributed by atoms with Gasteiger partial charge in [-0.05, 0) is 59.2 Å². The average Bonchev–Trinajstić information content (AvgIpc) is 3.27. The van der Waals surface area contributed by atoms with Gasteiger partial charge < -0.3 is 15.1 Å². The first-order valence-corrected chi connectivity index (χ1v) is 11.6. The summed E-state index contributed by atoms with van der Waals surface area (Å²) in [7, 11) is 0. The van der Waals surface area contributed by atoms with Gasteiger partial charge in [0, 0.05) is 50.7 Å². The molecule has 3 amide bonds. The maximum absolute atomic E-state index is 12.6. The second-order valence-corrected chi connectivity index (χ2v) is 8.88. The van der Waals surface area contributed by atoms with Crippen LogP contribution >= 0.6 is 0 Å². The Bertz CT molecular complexity index is 974. The quantitative estimate of drug-likeness (QED) is 0.693. The summed E-state index contributed by atoms with van der Waals surface area (Å²) >= 11 is 0. The molecule has 0 aliphatic carbocycles. The van der Waals surface area contributed by atoms with Crippen LogP contribution in [-0.2, 0) is 17.9 Å². The summed E-state index contributed by atoms with van der Waals surface area (Å²) < 4.78 is 0. The normalized spacial score (nSPS) is 16.4. The molecule has 6 nitrogen and oxygen atoms in total. The number of rotatable bonds is 6. The molecule has 2 aliphatic heterocycles. The number of nitrogens with one attached hydrogen (secondary N) is 1. The molecule has 0 fully saturated rings. The van der Waals surface area contributed by atoms with Gasteiger partial charge in [-0.25, -0.2) is 4.79 Å². The van der Waals surface area contributed by atoms with Crippen LogP contribution < -0.4 is 5.32 Å². The summed E-state index contributed by atoms with van der Waals surface area (Å²) in [4.78, 5) is 33.0. The predicted molar refractivity (Wildman–Crippen MR) is 127 cm³/mol. The van der Waals surface area contributed by atoms with Crippen LogP contribution in [0.15, 0.2) is 48.8 Å². The summed E-state index contributed by atoms with van der Waals surface area (Å²) in [5.74, 6) is 0.866. The van der Waals surface area contributed by atoms with Crippen molar-refractivity contribution in [2.75, 3.05) is 18.4 Å². The van der Waals surface area contributed by atoms with Crippen molar-refractivity contribution in [3.63, 3.8) is 0 Å². The van der Waals surface area contributed by atoms with E-state index in [1.807, 2.05) is 41.4 Å². The Morgan fingerprint density at radius 1 is 1.09 bits per heavy atom. The van der Waals surface area contributed by atoms with E-state index in [-0.39, 0.29) is 11.9 Å². The number of urea groups is 1. The number of hydrogen-bond donors (Lipinski definition) is 1. The second-order valence-electron chi connectivity index (χ2n) is 8.88. The van der Waals surface area contributed by atoms with Crippen LogP contribution in [-0.4, -0.2) is 39.8 Å². The topological polar surface area (TPSA) is 65.5 Å². The van der Waals surface area contributed by atoms with E-state index in [2.05, 4.69) is 30.2 Å². The lowest BCUT2D eigenvalue weighted by atomic mass is 9.98. The van der Waals surface area contributed by atoms with Crippen LogP contribution in [0.2, 0.25) is 0 Å². The maximum atomic E-state index is 12.6. The Kier molecular flexibility index (Phi) is 6.88. The Balaban J connectivity index is 1.29. The van der Waals surface area contributed by atoms with E-state index in [1.54, 1.807) is 11.1 Å². The lowest BCUT2D eigenvalue weighted by molar-refractivity contribution is -0.131. The highest BCUT2D eigenvalue weighted by Crippen LogP contribution is 2.26. The minimum Gasteiger partial charge on any atom is -0.339 e. The van der Waals surface area contributed by atoms with Crippen LogP contribution in [0.3, 0.4) is 0 Å². The van der Waals surface area contributed by atoms with Crippen molar-refractivity contribution in [3.05, 3.63) is 65.5 Å². The molecule has 0 saturated heterocycles. The highest BCUT2D eigenvalue weighted by molar-refractivity contribution is 5.90. The Labute approximate surface area is 190 Å². The molecule has 0 radical (unpaired) electrons. The van der Waals surface area contributed by atoms with Crippen LogP contribution in [0.1, 0.15) is 56.2 Å². The first-order valence-electron chi connectivity index (χ1n) is 11.6. The number of hydrogen-bond acceptors (Lipinski definition) is 3. The smallest absolute Gasteiger partial charge is 0.322 e. The maximum Gasteiger partial charge on any atom is 0.322 e. The third kappa shape index (κ3) is 5.18. The molecule has 2 aliphatic rings. The lowest BCUT2D eigenvalue weighted by Crippen LogP contribution is -2.34. The summed E-state index contributed by atoms with van der Waals surface area (Å²) in [5.41, 5.74) is 5.45. The molecule has 3 heterocycles. The van der Waals surface area contributed by atoms with Gasteiger partial charge in [0.05, 0.1) is 0 Å². The van der Waals surface area contributed by atoms with Crippen LogP contribution in [0.5, 0.6) is 0 Å². The highest BCUT2D eigenvalue weighted by Gasteiger charge is 2.23. The first kappa shape index (κ1) is 22.1. The molecule has 1 aromatic carbocycles. The van der Waals surface area contributed by atoms with Gasteiger partial charge in [-0.15, -0.1) is 0 Å². The molecular weight excluding hydrogens is 400 g/mol. The lowest BCUT2D eigenvalue weighted by Gasteiger charge is -2.27. The summed E-state index contributed by atoms with van der Waals surface area (Å²) in [6.45, 7) is 7.03. The first-order chi connectivity index (χ1) is 15.5. The zero-order valence-corrected chi connectivity index (χ0v) is 19.0. The molecule has 168 valence electrons. The number of benzene rings is 1. The van der Waals surface area contributed by atoms with Gasteiger partial charge in [-0.2, -0.15) is 0 Å². The summed E-state index contributed by atoms with van der Waals surface area (Å²) in [6.07, 6.45) is 9.35. The zero-order valence-electron chi connectivity index (χ0n) is 19.0. The third-order valence-corrected chi connectivity index (χ3v) is 6.63.